The van der Waals surface area contributed by atoms with Crippen molar-refractivity contribution >= 4 is 16.6 Å². The molecule has 1 heterocycles. The fourth-order valence-corrected chi connectivity index (χ4v) is 1.64. The first-order chi connectivity index (χ1) is 6.59. The molecular weight excluding hydrogens is 176 g/mol. The third kappa shape index (κ3) is 1.18. The van der Waals surface area contributed by atoms with Crippen molar-refractivity contribution in [3.63, 3.8) is 0 Å². The van der Waals surface area contributed by atoms with Crippen LogP contribution >= 0.6 is 0 Å². The van der Waals surface area contributed by atoms with Crippen LogP contribution in [0.1, 0.15) is 5.56 Å². The summed E-state index contributed by atoms with van der Waals surface area (Å²) in [6.45, 7) is 1.92. The molecule has 3 nitrogen and oxygen atoms in total. The number of hydrogen-bond acceptors (Lipinski definition) is 2. The highest BCUT2D eigenvalue weighted by Gasteiger charge is 2.02. The van der Waals surface area contributed by atoms with Crippen LogP contribution in [0.2, 0.25) is 0 Å². The molecule has 0 unspecified atom stereocenters. The van der Waals surface area contributed by atoms with Crippen molar-refractivity contribution in [2.75, 3.05) is 5.73 Å². The molecule has 0 atom stereocenters. The number of rotatable bonds is 0. The second-order valence-corrected chi connectivity index (χ2v) is 3.50. The fraction of sp³-hybridized carbons (Fsp3) is 0.182. The third-order valence-corrected chi connectivity index (χ3v) is 2.48. The van der Waals surface area contributed by atoms with E-state index in [2.05, 4.69) is 0 Å². The van der Waals surface area contributed by atoms with Crippen LogP contribution in [0.5, 0.6) is 0 Å². The second-order valence-electron chi connectivity index (χ2n) is 3.50. The molecule has 0 aliphatic rings. The molecule has 0 bridgehead atoms. The first-order valence-corrected chi connectivity index (χ1v) is 4.45. The SMILES string of the molecule is Cc1cc(=O)n(C)c2ccc(N)cc12. The quantitative estimate of drug-likeness (QED) is 0.636. The molecule has 2 N–H and O–H groups in total. The van der Waals surface area contributed by atoms with E-state index in [0.717, 1.165) is 22.2 Å². The van der Waals surface area contributed by atoms with E-state index in [9.17, 15) is 4.79 Å². The molecule has 0 spiro atoms. The summed E-state index contributed by atoms with van der Waals surface area (Å²) in [7, 11) is 1.76. The molecule has 0 aliphatic carbocycles. The minimum Gasteiger partial charge on any atom is -0.399 e. The predicted molar refractivity (Wildman–Crippen MR) is 58.3 cm³/mol. The summed E-state index contributed by atoms with van der Waals surface area (Å²) in [5, 5.41) is 1.03. The molecule has 2 rings (SSSR count). The van der Waals surface area contributed by atoms with Gasteiger partial charge in [-0.05, 0) is 30.7 Å². The maximum absolute atomic E-state index is 11.5. The molecule has 0 amide bonds. The Balaban J connectivity index is 3.02. The van der Waals surface area contributed by atoms with Gasteiger partial charge in [0, 0.05) is 24.2 Å². The van der Waals surface area contributed by atoms with Gasteiger partial charge in [0.2, 0.25) is 0 Å². The van der Waals surface area contributed by atoms with Crippen LogP contribution in [0.3, 0.4) is 0 Å². The predicted octanol–water partition coefficient (Wildman–Crippen LogP) is 1.43. The van der Waals surface area contributed by atoms with Crippen LogP contribution in [0.15, 0.2) is 29.1 Å². The average molecular weight is 188 g/mol. The van der Waals surface area contributed by atoms with Crippen molar-refractivity contribution in [3.05, 3.63) is 40.2 Å². The van der Waals surface area contributed by atoms with Crippen LogP contribution < -0.4 is 11.3 Å². The number of nitrogen functional groups attached to an aromatic ring is 1. The lowest BCUT2D eigenvalue weighted by atomic mass is 10.1. The Kier molecular flexibility index (Phi) is 1.81. The van der Waals surface area contributed by atoms with Crippen LogP contribution in [-0.4, -0.2) is 4.57 Å². The van der Waals surface area contributed by atoms with E-state index in [1.165, 1.54) is 0 Å². The molecule has 3 heteroatoms. The van der Waals surface area contributed by atoms with Crippen LogP contribution in [0.4, 0.5) is 5.69 Å². The summed E-state index contributed by atoms with van der Waals surface area (Å²) < 4.78 is 1.63. The zero-order valence-electron chi connectivity index (χ0n) is 8.24. The minimum absolute atomic E-state index is 0.0137. The lowest BCUT2D eigenvalue weighted by molar-refractivity contribution is 0.903. The zero-order valence-corrected chi connectivity index (χ0v) is 8.24. The Labute approximate surface area is 81.8 Å². The van der Waals surface area contributed by atoms with Gasteiger partial charge in [-0.1, -0.05) is 0 Å². The summed E-state index contributed by atoms with van der Waals surface area (Å²) >= 11 is 0. The molecule has 0 aliphatic heterocycles. The zero-order chi connectivity index (χ0) is 10.3. The lowest BCUT2D eigenvalue weighted by Gasteiger charge is -2.07. The third-order valence-electron chi connectivity index (χ3n) is 2.48. The van der Waals surface area contributed by atoms with Gasteiger partial charge in [-0.2, -0.15) is 0 Å². The topological polar surface area (TPSA) is 48.0 Å². The van der Waals surface area contributed by atoms with E-state index in [4.69, 9.17) is 5.73 Å². The van der Waals surface area contributed by atoms with Gasteiger partial charge in [0.15, 0.2) is 0 Å². The lowest BCUT2D eigenvalue weighted by Crippen LogP contribution is -2.16. The van der Waals surface area contributed by atoms with E-state index in [1.54, 1.807) is 23.7 Å². The molecule has 1 aromatic carbocycles. The maximum Gasteiger partial charge on any atom is 0.251 e. The van der Waals surface area contributed by atoms with Gasteiger partial charge >= 0.3 is 0 Å². The van der Waals surface area contributed by atoms with Crippen LogP contribution in [-0.2, 0) is 7.05 Å². The fourth-order valence-electron chi connectivity index (χ4n) is 1.64. The highest BCUT2D eigenvalue weighted by Crippen LogP contribution is 2.18. The maximum atomic E-state index is 11.5. The number of aromatic nitrogens is 1. The normalized spacial score (nSPS) is 10.7. The Hall–Kier alpha value is -1.77. The number of hydrogen-bond donors (Lipinski definition) is 1. The van der Waals surface area contributed by atoms with Crippen molar-refractivity contribution < 1.29 is 0 Å². The van der Waals surface area contributed by atoms with Crippen molar-refractivity contribution in [3.8, 4) is 0 Å². The van der Waals surface area contributed by atoms with Gasteiger partial charge in [0.1, 0.15) is 0 Å². The van der Waals surface area contributed by atoms with Gasteiger partial charge in [0.05, 0.1) is 5.52 Å². The smallest absolute Gasteiger partial charge is 0.251 e. The molecule has 0 saturated carbocycles. The highest BCUT2D eigenvalue weighted by atomic mass is 16.1. The minimum atomic E-state index is 0.0137. The van der Waals surface area contributed by atoms with Gasteiger partial charge < -0.3 is 10.3 Å². The van der Waals surface area contributed by atoms with E-state index in [1.807, 2.05) is 19.1 Å². The molecule has 2 aromatic rings. The Morgan fingerprint density at radius 1 is 1.29 bits per heavy atom. The molecule has 0 fully saturated rings. The summed E-state index contributed by atoms with van der Waals surface area (Å²) in [6.07, 6.45) is 0. The van der Waals surface area contributed by atoms with Crippen molar-refractivity contribution in [2.45, 2.75) is 6.92 Å². The number of fused-ring (bicyclic) bond motifs is 1. The van der Waals surface area contributed by atoms with Gasteiger partial charge in [-0.15, -0.1) is 0 Å². The monoisotopic (exact) mass is 188 g/mol. The van der Waals surface area contributed by atoms with Gasteiger partial charge in [0.25, 0.3) is 5.56 Å². The molecule has 0 saturated heterocycles. The summed E-state index contributed by atoms with van der Waals surface area (Å²) in [5.41, 5.74) is 8.32. The van der Waals surface area contributed by atoms with E-state index < -0.39 is 0 Å². The highest BCUT2D eigenvalue weighted by molar-refractivity contribution is 5.85. The Bertz CT molecular complexity index is 555. The van der Waals surface area contributed by atoms with Gasteiger partial charge in [-0.3, -0.25) is 4.79 Å². The number of pyridine rings is 1. The molecule has 1 aromatic heterocycles. The summed E-state index contributed by atoms with van der Waals surface area (Å²) in [4.78, 5) is 11.5. The summed E-state index contributed by atoms with van der Waals surface area (Å²) in [5.74, 6) is 0. The Morgan fingerprint density at radius 2 is 2.00 bits per heavy atom. The number of nitrogens with zero attached hydrogens (tertiary/aromatic N) is 1. The largest absolute Gasteiger partial charge is 0.399 e. The molecular formula is C11H12N2O. The van der Waals surface area contributed by atoms with Gasteiger partial charge in [-0.25, -0.2) is 0 Å². The molecule has 0 radical (unpaired) electrons. The second kappa shape index (κ2) is 2.87. The number of anilines is 1. The Morgan fingerprint density at radius 3 is 2.71 bits per heavy atom. The summed E-state index contributed by atoms with van der Waals surface area (Å²) in [6, 6.07) is 7.20. The molecule has 72 valence electrons. The van der Waals surface area contributed by atoms with Crippen LogP contribution in [0.25, 0.3) is 10.9 Å². The average Bonchev–Trinajstić information content (AvgIpc) is 2.14. The molecule has 14 heavy (non-hydrogen) atoms. The number of nitrogens with two attached hydrogens (primary N) is 1. The van der Waals surface area contributed by atoms with Crippen molar-refractivity contribution in [2.24, 2.45) is 7.05 Å². The van der Waals surface area contributed by atoms with E-state index in [-0.39, 0.29) is 5.56 Å². The van der Waals surface area contributed by atoms with Crippen LogP contribution in [0, 0.1) is 6.92 Å². The standard InChI is InChI=1S/C11H12N2O/c1-7-5-11(14)13(2)10-4-3-8(12)6-9(7)10/h3-6H,12H2,1-2H3. The number of aryl methyl sites for hydroxylation is 2. The van der Waals surface area contributed by atoms with Crippen molar-refractivity contribution in [1.29, 1.82) is 0 Å². The first kappa shape index (κ1) is 8.81. The van der Waals surface area contributed by atoms with E-state index in [0.29, 0.717) is 0 Å². The van der Waals surface area contributed by atoms with Crippen molar-refractivity contribution in [1.82, 2.24) is 4.57 Å². The van der Waals surface area contributed by atoms with E-state index >= 15 is 0 Å². The first-order valence-electron chi connectivity index (χ1n) is 4.45. The number of benzene rings is 1.